The van der Waals surface area contributed by atoms with Crippen molar-refractivity contribution in [2.45, 2.75) is 19.9 Å². The first-order valence-electron chi connectivity index (χ1n) is 6.19. The highest BCUT2D eigenvalue weighted by atomic mass is 16.5. The third-order valence-electron chi connectivity index (χ3n) is 3.14. The predicted octanol–water partition coefficient (Wildman–Crippen LogP) is 1.23. The summed E-state index contributed by atoms with van der Waals surface area (Å²) in [5.41, 5.74) is 2.51. The molecular weight excluding hydrogens is 246 g/mol. The molecule has 1 fully saturated rings. The van der Waals surface area contributed by atoms with Crippen LogP contribution in [0.1, 0.15) is 21.5 Å². The van der Waals surface area contributed by atoms with E-state index >= 15 is 0 Å². The van der Waals surface area contributed by atoms with Gasteiger partial charge in [0, 0.05) is 12.1 Å². The quantitative estimate of drug-likeness (QED) is 0.871. The second-order valence-corrected chi connectivity index (χ2v) is 4.80. The van der Waals surface area contributed by atoms with Gasteiger partial charge < -0.3 is 14.7 Å². The molecule has 5 heteroatoms. The molecule has 1 unspecified atom stereocenters. The van der Waals surface area contributed by atoms with Crippen LogP contribution >= 0.6 is 0 Å². The lowest BCUT2D eigenvalue weighted by Gasteiger charge is -2.33. The number of ether oxygens (including phenoxy) is 1. The molecular formula is C14H17NO4. The summed E-state index contributed by atoms with van der Waals surface area (Å²) >= 11 is 0. The second-order valence-electron chi connectivity index (χ2n) is 4.80. The summed E-state index contributed by atoms with van der Waals surface area (Å²) in [6, 6.07) is 4.64. The van der Waals surface area contributed by atoms with Gasteiger partial charge in [-0.3, -0.25) is 4.79 Å². The number of hydrogen-bond donors (Lipinski definition) is 1. The number of nitrogens with zero attached hydrogens (tertiary/aromatic N) is 1. The number of carboxylic acids is 1. The van der Waals surface area contributed by atoms with Gasteiger partial charge in [0.05, 0.1) is 13.2 Å². The Hall–Kier alpha value is -1.88. The van der Waals surface area contributed by atoms with Crippen LogP contribution < -0.4 is 0 Å². The van der Waals surface area contributed by atoms with E-state index in [4.69, 9.17) is 9.84 Å². The third-order valence-corrected chi connectivity index (χ3v) is 3.14. The minimum Gasteiger partial charge on any atom is -0.480 e. The van der Waals surface area contributed by atoms with E-state index in [2.05, 4.69) is 0 Å². The third kappa shape index (κ3) is 2.93. The molecule has 1 atom stereocenters. The molecule has 1 aliphatic heterocycles. The topological polar surface area (TPSA) is 66.8 Å². The highest BCUT2D eigenvalue weighted by molar-refractivity contribution is 5.97. The number of amides is 1. The lowest BCUT2D eigenvalue weighted by molar-refractivity contribution is -0.147. The van der Waals surface area contributed by atoms with Gasteiger partial charge in [0.1, 0.15) is 0 Å². The summed E-state index contributed by atoms with van der Waals surface area (Å²) in [5.74, 6) is -1.28. The van der Waals surface area contributed by atoms with Crippen LogP contribution in [-0.4, -0.2) is 47.7 Å². The highest BCUT2D eigenvalue weighted by Crippen LogP contribution is 2.15. The zero-order chi connectivity index (χ0) is 14.0. The fourth-order valence-corrected chi connectivity index (χ4v) is 2.32. The number of aliphatic carboxylic acids is 1. The number of aryl methyl sites for hydroxylation is 2. The molecule has 19 heavy (non-hydrogen) atoms. The molecule has 0 aromatic heterocycles. The Bertz CT molecular complexity index is 492. The van der Waals surface area contributed by atoms with Crippen LogP contribution in [0.5, 0.6) is 0 Å². The zero-order valence-corrected chi connectivity index (χ0v) is 11.0. The molecule has 0 radical (unpaired) electrons. The number of morpholine rings is 1. The molecule has 1 aliphatic rings. The van der Waals surface area contributed by atoms with Gasteiger partial charge in [0.2, 0.25) is 0 Å². The van der Waals surface area contributed by atoms with Gasteiger partial charge in [-0.2, -0.15) is 0 Å². The molecule has 0 saturated carbocycles. The first kappa shape index (κ1) is 13.5. The fraction of sp³-hybridized carbons (Fsp3) is 0.429. The van der Waals surface area contributed by atoms with Crippen LogP contribution in [0.4, 0.5) is 0 Å². The number of rotatable bonds is 2. The van der Waals surface area contributed by atoms with Crippen LogP contribution in [0.3, 0.4) is 0 Å². The summed E-state index contributed by atoms with van der Waals surface area (Å²) < 4.78 is 5.13. The van der Waals surface area contributed by atoms with Crippen LogP contribution in [0.25, 0.3) is 0 Å². The first-order chi connectivity index (χ1) is 8.99. The minimum absolute atomic E-state index is 0.0475. The molecule has 1 saturated heterocycles. The van der Waals surface area contributed by atoms with Gasteiger partial charge in [-0.25, -0.2) is 4.79 Å². The highest BCUT2D eigenvalue weighted by Gasteiger charge is 2.33. The van der Waals surface area contributed by atoms with Crippen LogP contribution in [-0.2, 0) is 9.53 Å². The normalized spacial score (nSPS) is 19.3. The average Bonchev–Trinajstić information content (AvgIpc) is 2.36. The molecule has 1 amide bonds. The second kappa shape index (κ2) is 5.40. The van der Waals surface area contributed by atoms with Crippen LogP contribution in [0, 0.1) is 13.8 Å². The van der Waals surface area contributed by atoms with Crippen molar-refractivity contribution in [1.82, 2.24) is 4.90 Å². The van der Waals surface area contributed by atoms with Crippen molar-refractivity contribution in [3.8, 4) is 0 Å². The lowest BCUT2D eigenvalue weighted by atomic mass is 10.1. The molecule has 102 valence electrons. The van der Waals surface area contributed by atoms with Crippen LogP contribution in [0.15, 0.2) is 18.2 Å². The number of carboxylic acid groups (broad SMARTS) is 1. The summed E-state index contributed by atoms with van der Waals surface area (Å²) in [5, 5.41) is 9.14. The maximum Gasteiger partial charge on any atom is 0.328 e. The van der Waals surface area contributed by atoms with Crippen LogP contribution in [0.2, 0.25) is 0 Å². The Morgan fingerprint density at radius 1 is 1.26 bits per heavy atom. The number of benzene rings is 1. The molecule has 0 spiro atoms. The van der Waals surface area contributed by atoms with E-state index in [1.807, 2.05) is 19.9 Å². The van der Waals surface area contributed by atoms with Crippen molar-refractivity contribution in [2.24, 2.45) is 0 Å². The standard InChI is InChI=1S/C14H17NO4/c1-9-5-10(2)7-11(6-9)13(16)15-3-4-19-8-12(15)14(17)18/h5-7,12H,3-4,8H2,1-2H3,(H,17,18). The minimum atomic E-state index is -1.03. The smallest absolute Gasteiger partial charge is 0.328 e. The van der Waals surface area contributed by atoms with Gasteiger partial charge >= 0.3 is 5.97 Å². The Morgan fingerprint density at radius 3 is 2.47 bits per heavy atom. The fourth-order valence-electron chi connectivity index (χ4n) is 2.32. The van der Waals surface area contributed by atoms with E-state index in [0.29, 0.717) is 18.7 Å². The van der Waals surface area contributed by atoms with E-state index in [0.717, 1.165) is 11.1 Å². The summed E-state index contributed by atoms with van der Waals surface area (Å²) in [7, 11) is 0. The van der Waals surface area contributed by atoms with Gasteiger partial charge in [0.15, 0.2) is 6.04 Å². The van der Waals surface area contributed by atoms with Gasteiger partial charge in [-0.1, -0.05) is 17.2 Å². The van der Waals surface area contributed by atoms with E-state index in [9.17, 15) is 9.59 Å². The van der Waals surface area contributed by atoms with E-state index in [-0.39, 0.29) is 12.5 Å². The average molecular weight is 263 g/mol. The van der Waals surface area contributed by atoms with Crippen molar-refractivity contribution < 1.29 is 19.4 Å². The largest absolute Gasteiger partial charge is 0.480 e. The maximum atomic E-state index is 12.4. The van der Waals surface area contributed by atoms with E-state index < -0.39 is 12.0 Å². The van der Waals surface area contributed by atoms with Crippen molar-refractivity contribution in [2.75, 3.05) is 19.8 Å². The van der Waals surface area contributed by atoms with Gasteiger partial charge in [-0.15, -0.1) is 0 Å². The molecule has 2 rings (SSSR count). The van der Waals surface area contributed by atoms with E-state index in [1.54, 1.807) is 12.1 Å². The lowest BCUT2D eigenvalue weighted by Crippen LogP contribution is -2.52. The summed E-state index contributed by atoms with van der Waals surface area (Å²) in [4.78, 5) is 25.0. The Labute approximate surface area is 111 Å². The van der Waals surface area contributed by atoms with Crippen molar-refractivity contribution in [3.05, 3.63) is 34.9 Å². The number of carbonyl (C=O) groups excluding carboxylic acids is 1. The van der Waals surface area contributed by atoms with E-state index in [1.165, 1.54) is 4.90 Å². The van der Waals surface area contributed by atoms with Crippen molar-refractivity contribution >= 4 is 11.9 Å². The Balaban J connectivity index is 2.28. The molecule has 0 bridgehead atoms. The summed E-state index contributed by atoms with van der Waals surface area (Å²) in [6.45, 7) is 4.56. The SMILES string of the molecule is Cc1cc(C)cc(C(=O)N2CCOCC2C(=O)O)c1. The molecule has 1 heterocycles. The molecule has 1 aromatic carbocycles. The van der Waals surface area contributed by atoms with Crippen molar-refractivity contribution in [1.29, 1.82) is 0 Å². The Kier molecular flexibility index (Phi) is 3.85. The first-order valence-corrected chi connectivity index (χ1v) is 6.19. The number of hydrogen-bond acceptors (Lipinski definition) is 3. The van der Waals surface area contributed by atoms with Crippen molar-refractivity contribution in [3.63, 3.8) is 0 Å². The van der Waals surface area contributed by atoms with Gasteiger partial charge in [-0.05, 0) is 26.0 Å². The molecule has 1 N–H and O–H groups in total. The summed E-state index contributed by atoms with van der Waals surface area (Å²) in [6.07, 6.45) is 0. The monoisotopic (exact) mass is 263 g/mol. The molecule has 0 aliphatic carbocycles. The predicted molar refractivity (Wildman–Crippen MR) is 69.2 cm³/mol. The van der Waals surface area contributed by atoms with Gasteiger partial charge in [0.25, 0.3) is 5.91 Å². The Morgan fingerprint density at radius 2 is 1.89 bits per heavy atom. The number of carbonyl (C=O) groups is 2. The molecule has 5 nitrogen and oxygen atoms in total. The molecule has 1 aromatic rings. The zero-order valence-electron chi connectivity index (χ0n) is 11.0. The maximum absolute atomic E-state index is 12.4.